The summed E-state index contributed by atoms with van der Waals surface area (Å²) in [6.07, 6.45) is 1.69. The highest BCUT2D eigenvalue weighted by Gasteiger charge is 2.03. The van der Waals surface area contributed by atoms with Crippen LogP contribution in [0.4, 0.5) is 11.4 Å². The molecule has 0 saturated heterocycles. The van der Waals surface area contributed by atoms with E-state index in [-0.39, 0.29) is 0 Å². The molecule has 2 aromatic rings. The topological polar surface area (TPSA) is 50.9 Å². The molecular weight excluding hydrogens is 234 g/mol. The minimum absolute atomic E-state index is 0.429. The van der Waals surface area contributed by atoms with E-state index in [0.29, 0.717) is 11.7 Å². The van der Waals surface area contributed by atoms with Crippen molar-refractivity contribution in [3.05, 3.63) is 52.8 Å². The number of halogens is 1. The Kier molecular flexibility index (Phi) is 3.61. The fourth-order valence-corrected chi connectivity index (χ4v) is 1.77. The van der Waals surface area contributed by atoms with Crippen molar-refractivity contribution in [1.29, 1.82) is 0 Å². The summed E-state index contributed by atoms with van der Waals surface area (Å²) >= 11 is 5.88. The van der Waals surface area contributed by atoms with E-state index in [1.165, 1.54) is 5.56 Å². The van der Waals surface area contributed by atoms with Gasteiger partial charge in [0.15, 0.2) is 0 Å². The van der Waals surface area contributed by atoms with E-state index in [1.54, 1.807) is 12.3 Å². The van der Waals surface area contributed by atoms with Gasteiger partial charge in [-0.15, -0.1) is 0 Å². The predicted octanol–water partition coefficient (Wildman–Crippen LogP) is 3.25. The number of benzene rings is 1. The monoisotopic (exact) mass is 247 g/mol. The number of nitrogens with one attached hydrogen (secondary N) is 1. The van der Waals surface area contributed by atoms with Crippen LogP contribution in [0.3, 0.4) is 0 Å². The number of aromatic nitrogens is 1. The van der Waals surface area contributed by atoms with Crippen molar-refractivity contribution in [3.63, 3.8) is 0 Å². The third-order valence-corrected chi connectivity index (χ3v) is 2.68. The van der Waals surface area contributed by atoms with Gasteiger partial charge in [0.2, 0.25) is 0 Å². The molecule has 1 aromatic heterocycles. The molecule has 0 unspecified atom stereocenters. The zero-order chi connectivity index (χ0) is 12.3. The van der Waals surface area contributed by atoms with Gasteiger partial charge in [-0.25, -0.2) is 4.98 Å². The lowest BCUT2D eigenvalue weighted by atomic mass is 10.2. The van der Waals surface area contributed by atoms with Crippen LogP contribution in [0.2, 0.25) is 5.15 Å². The molecule has 0 radical (unpaired) electrons. The molecule has 1 aromatic carbocycles. The third-order valence-electron chi connectivity index (χ3n) is 2.47. The van der Waals surface area contributed by atoms with Gasteiger partial charge >= 0.3 is 0 Å². The molecule has 3 N–H and O–H groups in total. The Bertz CT molecular complexity index is 526. The fraction of sp³-hybridized carbons (Fsp3) is 0.154. The van der Waals surface area contributed by atoms with Gasteiger partial charge in [0.1, 0.15) is 5.15 Å². The summed E-state index contributed by atoms with van der Waals surface area (Å²) in [4.78, 5) is 4.02. The summed E-state index contributed by atoms with van der Waals surface area (Å²) in [5.41, 5.74) is 9.72. The normalized spacial score (nSPS) is 10.3. The third kappa shape index (κ3) is 2.96. The first-order valence-corrected chi connectivity index (χ1v) is 5.75. The van der Waals surface area contributed by atoms with Gasteiger partial charge in [0, 0.05) is 29.7 Å². The lowest BCUT2D eigenvalue weighted by Gasteiger charge is -2.11. The van der Waals surface area contributed by atoms with E-state index in [2.05, 4.69) is 29.4 Å². The number of hydrogen-bond donors (Lipinski definition) is 2. The van der Waals surface area contributed by atoms with E-state index in [9.17, 15) is 0 Å². The van der Waals surface area contributed by atoms with Crippen molar-refractivity contribution in [3.8, 4) is 0 Å². The lowest BCUT2D eigenvalue weighted by Crippen LogP contribution is -2.02. The van der Waals surface area contributed by atoms with Crippen LogP contribution in [0.5, 0.6) is 0 Å². The van der Waals surface area contributed by atoms with Gasteiger partial charge in [-0.1, -0.05) is 23.7 Å². The Balaban J connectivity index is 2.32. The molecule has 0 fully saturated rings. The van der Waals surface area contributed by atoms with Crippen molar-refractivity contribution >= 4 is 23.0 Å². The average Bonchev–Trinajstić information content (AvgIpc) is 2.29. The number of anilines is 2. The largest absolute Gasteiger partial charge is 0.355 e. The maximum Gasteiger partial charge on any atom is 0.131 e. The standard InChI is InChI=1S/C13H14ClN3/c1-9-3-2-4-11(5-9)17-12-6-13(14)16-8-10(12)7-15/h2-6,8H,7,15H2,1H3,(H,16,17). The number of nitrogens with two attached hydrogens (primary N) is 1. The van der Waals surface area contributed by atoms with Crippen LogP contribution in [-0.4, -0.2) is 4.98 Å². The highest BCUT2D eigenvalue weighted by molar-refractivity contribution is 6.29. The summed E-state index contributed by atoms with van der Waals surface area (Å²) in [5.74, 6) is 0. The van der Waals surface area contributed by atoms with Gasteiger partial charge < -0.3 is 11.1 Å². The van der Waals surface area contributed by atoms with Crippen LogP contribution < -0.4 is 11.1 Å². The van der Waals surface area contributed by atoms with E-state index in [4.69, 9.17) is 17.3 Å². The Hall–Kier alpha value is -1.58. The molecule has 0 aliphatic carbocycles. The molecule has 17 heavy (non-hydrogen) atoms. The highest BCUT2D eigenvalue weighted by atomic mass is 35.5. The van der Waals surface area contributed by atoms with Gasteiger partial charge in [0.05, 0.1) is 0 Å². The number of rotatable bonds is 3. The van der Waals surface area contributed by atoms with E-state index in [0.717, 1.165) is 16.9 Å². The lowest BCUT2D eigenvalue weighted by molar-refractivity contribution is 1.05. The number of nitrogens with zero attached hydrogens (tertiary/aromatic N) is 1. The van der Waals surface area contributed by atoms with Crippen LogP contribution in [-0.2, 0) is 6.54 Å². The second kappa shape index (κ2) is 5.17. The quantitative estimate of drug-likeness (QED) is 0.819. The minimum atomic E-state index is 0.429. The fourth-order valence-electron chi connectivity index (χ4n) is 1.62. The second-order valence-corrected chi connectivity index (χ2v) is 4.25. The number of pyridine rings is 1. The Labute approximate surface area is 106 Å². The highest BCUT2D eigenvalue weighted by Crippen LogP contribution is 2.23. The summed E-state index contributed by atoms with van der Waals surface area (Å²) in [6, 6.07) is 9.90. The molecule has 3 nitrogen and oxygen atoms in total. The molecule has 0 aliphatic rings. The Morgan fingerprint density at radius 3 is 2.88 bits per heavy atom. The van der Waals surface area contributed by atoms with Gasteiger partial charge in [-0.2, -0.15) is 0 Å². The zero-order valence-corrected chi connectivity index (χ0v) is 10.3. The molecule has 0 amide bonds. The maximum absolute atomic E-state index is 5.88. The molecule has 0 aliphatic heterocycles. The zero-order valence-electron chi connectivity index (χ0n) is 9.57. The Morgan fingerprint density at radius 2 is 2.18 bits per heavy atom. The molecule has 0 bridgehead atoms. The molecule has 0 spiro atoms. The van der Waals surface area contributed by atoms with Crippen LogP contribution in [0, 0.1) is 6.92 Å². The van der Waals surface area contributed by atoms with Crippen molar-refractivity contribution in [2.75, 3.05) is 5.32 Å². The van der Waals surface area contributed by atoms with E-state index >= 15 is 0 Å². The van der Waals surface area contributed by atoms with E-state index < -0.39 is 0 Å². The molecule has 4 heteroatoms. The predicted molar refractivity (Wildman–Crippen MR) is 71.6 cm³/mol. The molecule has 0 saturated carbocycles. The maximum atomic E-state index is 5.88. The summed E-state index contributed by atoms with van der Waals surface area (Å²) < 4.78 is 0. The molecule has 88 valence electrons. The van der Waals surface area contributed by atoms with Crippen molar-refractivity contribution in [2.45, 2.75) is 13.5 Å². The van der Waals surface area contributed by atoms with Crippen LogP contribution in [0.1, 0.15) is 11.1 Å². The first kappa shape index (κ1) is 11.9. The molecule has 1 heterocycles. The molecule has 2 rings (SSSR count). The average molecular weight is 248 g/mol. The van der Waals surface area contributed by atoms with Crippen LogP contribution in [0.25, 0.3) is 0 Å². The van der Waals surface area contributed by atoms with Gasteiger partial charge in [0.25, 0.3) is 0 Å². The first-order chi connectivity index (χ1) is 8.19. The summed E-state index contributed by atoms with van der Waals surface area (Å²) in [6.45, 7) is 2.48. The Morgan fingerprint density at radius 1 is 1.35 bits per heavy atom. The molecule has 0 atom stereocenters. The SMILES string of the molecule is Cc1cccc(Nc2cc(Cl)ncc2CN)c1. The minimum Gasteiger partial charge on any atom is -0.355 e. The van der Waals surface area contributed by atoms with E-state index in [1.807, 2.05) is 12.1 Å². The van der Waals surface area contributed by atoms with Crippen molar-refractivity contribution in [2.24, 2.45) is 5.73 Å². The number of aryl methyl sites for hydroxylation is 1. The van der Waals surface area contributed by atoms with Crippen molar-refractivity contribution in [1.82, 2.24) is 4.98 Å². The first-order valence-electron chi connectivity index (χ1n) is 5.37. The van der Waals surface area contributed by atoms with Gasteiger partial charge in [-0.3, -0.25) is 0 Å². The van der Waals surface area contributed by atoms with Crippen LogP contribution in [0.15, 0.2) is 36.5 Å². The van der Waals surface area contributed by atoms with Crippen molar-refractivity contribution < 1.29 is 0 Å². The summed E-state index contributed by atoms with van der Waals surface area (Å²) in [5, 5.41) is 3.76. The smallest absolute Gasteiger partial charge is 0.131 e. The van der Waals surface area contributed by atoms with Crippen LogP contribution >= 0.6 is 11.6 Å². The molecular formula is C13H14ClN3. The summed E-state index contributed by atoms with van der Waals surface area (Å²) in [7, 11) is 0. The van der Waals surface area contributed by atoms with Gasteiger partial charge in [-0.05, 0) is 30.7 Å². The second-order valence-electron chi connectivity index (χ2n) is 3.86. The number of hydrogen-bond acceptors (Lipinski definition) is 3.